The molecule has 1 saturated carbocycles. The van der Waals surface area contributed by atoms with Crippen molar-refractivity contribution in [2.45, 2.75) is 44.7 Å². The molecule has 17 heavy (non-hydrogen) atoms. The normalized spacial score (nSPS) is 24.2. The summed E-state index contributed by atoms with van der Waals surface area (Å²) >= 11 is 0. The van der Waals surface area contributed by atoms with Crippen LogP contribution in [0.25, 0.3) is 0 Å². The van der Waals surface area contributed by atoms with E-state index >= 15 is 0 Å². The lowest BCUT2D eigenvalue weighted by Crippen LogP contribution is -2.43. The van der Waals surface area contributed by atoms with Crippen molar-refractivity contribution in [1.29, 1.82) is 0 Å². The SMILES string of the molecule is CCCNC(=O)CN1CCC(NC2CC2)C1=O. The van der Waals surface area contributed by atoms with Crippen LogP contribution in [0.3, 0.4) is 0 Å². The van der Waals surface area contributed by atoms with Gasteiger partial charge in [0, 0.05) is 19.1 Å². The zero-order chi connectivity index (χ0) is 12.3. The molecule has 0 bridgehead atoms. The Labute approximate surface area is 102 Å². The van der Waals surface area contributed by atoms with Crippen LogP contribution in [0.1, 0.15) is 32.6 Å². The van der Waals surface area contributed by atoms with Gasteiger partial charge < -0.3 is 15.5 Å². The molecule has 0 radical (unpaired) electrons. The predicted molar refractivity (Wildman–Crippen MR) is 64.4 cm³/mol. The first-order valence-electron chi connectivity index (χ1n) is 6.52. The highest BCUT2D eigenvalue weighted by Crippen LogP contribution is 2.22. The van der Waals surface area contributed by atoms with Crippen LogP contribution < -0.4 is 10.6 Å². The lowest BCUT2D eigenvalue weighted by Gasteiger charge is -2.16. The van der Waals surface area contributed by atoms with E-state index in [1.807, 2.05) is 6.92 Å². The third-order valence-electron chi connectivity index (χ3n) is 3.22. The molecule has 2 N–H and O–H groups in total. The van der Waals surface area contributed by atoms with Crippen molar-refractivity contribution in [1.82, 2.24) is 15.5 Å². The maximum atomic E-state index is 12.0. The van der Waals surface area contributed by atoms with Crippen LogP contribution in [-0.4, -0.2) is 48.4 Å². The first-order valence-corrected chi connectivity index (χ1v) is 6.52. The third-order valence-corrected chi connectivity index (χ3v) is 3.22. The Morgan fingerprint density at radius 1 is 1.41 bits per heavy atom. The summed E-state index contributed by atoms with van der Waals surface area (Å²) in [4.78, 5) is 25.1. The molecule has 2 amide bonds. The molecule has 1 aliphatic heterocycles. The maximum Gasteiger partial charge on any atom is 0.240 e. The molecule has 1 atom stereocenters. The van der Waals surface area contributed by atoms with Crippen molar-refractivity contribution >= 4 is 11.8 Å². The maximum absolute atomic E-state index is 12.0. The lowest BCUT2D eigenvalue weighted by atomic mass is 10.2. The summed E-state index contributed by atoms with van der Waals surface area (Å²) in [6.45, 7) is 3.60. The summed E-state index contributed by atoms with van der Waals surface area (Å²) in [6.07, 6.45) is 4.11. The molecule has 0 spiro atoms. The largest absolute Gasteiger partial charge is 0.355 e. The average Bonchev–Trinajstić information content (AvgIpc) is 3.07. The highest BCUT2D eigenvalue weighted by Gasteiger charge is 2.35. The molecule has 5 heteroatoms. The molecule has 1 unspecified atom stereocenters. The summed E-state index contributed by atoms with van der Waals surface area (Å²) in [6, 6.07) is 0.485. The number of likely N-dealkylation sites (tertiary alicyclic amines) is 1. The fourth-order valence-electron chi connectivity index (χ4n) is 2.08. The van der Waals surface area contributed by atoms with E-state index in [4.69, 9.17) is 0 Å². The molecule has 2 fully saturated rings. The van der Waals surface area contributed by atoms with Crippen molar-refractivity contribution in [3.8, 4) is 0 Å². The molecule has 2 aliphatic rings. The molecule has 5 nitrogen and oxygen atoms in total. The van der Waals surface area contributed by atoms with Gasteiger partial charge in [0.15, 0.2) is 0 Å². The summed E-state index contributed by atoms with van der Waals surface area (Å²) in [5.74, 6) is 0.0378. The number of hydrogen-bond acceptors (Lipinski definition) is 3. The van der Waals surface area contributed by atoms with E-state index in [-0.39, 0.29) is 24.4 Å². The molecule has 96 valence electrons. The minimum absolute atomic E-state index is 0.0488. The Bertz CT molecular complexity index is 302. The van der Waals surface area contributed by atoms with Crippen LogP contribution in [-0.2, 0) is 9.59 Å². The number of hydrogen-bond donors (Lipinski definition) is 2. The van der Waals surface area contributed by atoms with Gasteiger partial charge in [0.05, 0.1) is 12.6 Å². The van der Waals surface area contributed by atoms with Crippen LogP contribution in [0.4, 0.5) is 0 Å². The van der Waals surface area contributed by atoms with Crippen LogP contribution in [0, 0.1) is 0 Å². The van der Waals surface area contributed by atoms with E-state index in [1.54, 1.807) is 4.90 Å². The predicted octanol–water partition coefficient (Wildman–Crippen LogP) is -0.134. The van der Waals surface area contributed by atoms with Gasteiger partial charge in [-0.05, 0) is 25.7 Å². The van der Waals surface area contributed by atoms with E-state index in [0.717, 1.165) is 12.8 Å². The Morgan fingerprint density at radius 2 is 2.18 bits per heavy atom. The number of nitrogens with one attached hydrogen (secondary N) is 2. The first kappa shape index (κ1) is 12.4. The van der Waals surface area contributed by atoms with Gasteiger partial charge in [-0.2, -0.15) is 0 Å². The van der Waals surface area contributed by atoms with Gasteiger partial charge in [-0.25, -0.2) is 0 Å². The Balaban J connectivity index is 1.74. The molecule has 0 aromatic carbocycles. The smallest absolute Gasteiger partial charge is 0.240 e. The van der Waals surface area contributed by atoms with E-state index in [2.05, 4.69) is 10.6 Å². The number of nitrogens with zero attached hydrogens (tertiary/aromatic N) is 1. The second-order valence-electron chi connectivity index (χ2n) is 4.89. The second kappa shape index (κ2) is 5.49. The molecular formula is C12H21N3O2. The Hall–Kier alpha value is -1.10. The van der Waals surface area contributed by atoms with E-state index in [1.165, 1.54) is 12.8 Å². The van der Waals surface area contributed by atoms with E-state index < -0.39 is 0 Å². The van der Waals surface area contributed by atoms with Gasteiger partial charge in [-0.3, -0.25) is 9.59 Å². The molecule has 1 heterocycles. The molecule has 1 aliphatic carbocycles. The van der Waals surface area contributed by atoms with Crippen molar-refractivity contribution in [2.75, 3.05) is 19.6 Å². The van der Waals surface area contributed by atoms with Crippen LogP contribution in [0.2, 0.25) is 0 Å². The Kier molecular flexibility index (Phi) is 3.99. The topological polar surface area (TPSA) is 61.4 Å². The van der Waals surface area contributed by atoms with Gasteiger partial charge in [0.2, 0.25) is 11.8 Å². The first-order chi connectivity index (χ1) is 8.20. The average molecular weight is 239 g/mol. The van der Waals surface area contributed by atoms with Crippen molar-refractivity contribution in [2.24, 2.45) is 0 Å². The number of carbonyl (C=O) groups excluding carboxylic acids is 2. The fourth-order valence-corrected chi connectivity index (χ4v) is 2.08. The minimum atomic E-state index is -0.0542. The van der Waals surface area contributed by atoms with Crippen LogP contribution in [0.5, 0.6) is 0 Å². The number of amides is 2. The fraction of sp³-hybridized carbons (Fsp3) is 0.833. The van der Waals surface area contributed by atoms with Crippen LogP contribution in [0.15, 0.2) is 0 Å². The summed E-state index contributed by atoms with van der Waals surface area (Å²) < 4.78 is 0. The van der Waals surface area contributed by atoms with E-state index in [9.17, 15) is 9.59 Å². The van der Waals surface area contributed by atoms with Crippen molar-refractivity contribution in [3.63, 3.8) is 0 Å². The van der Waals surface area contributed by atoms with Crippen molar-refractivity contribution < 1.29 is 9.59 Å². The van der Waals surface area contributed by atoms with Crippen LogP contribution >= 0.6 is 0 Å². The zero-order valence-corrected chi connectivity index (χ0v) is 10.4. The van der Waals surface area contributed by atoms with Gasteiger partial charge in [0.1, 0.15) is 0 Å². The van der Waals surface area contributed by atoms with Gasteiger partial charge in [0.25, 0.3) is 0 Å². The second-order valence-corrected chi connectivity index (χ2v) is 4.89. The summed E-state index contributed by atoms with van der Waals surface area (Å²) in [7, 11) is 0. The van der Waals surface area contributed by atoms with Gasteiger partial charge >= 0.3 is 0 Å². The molecule has 2 rings (SSSR count). The zero-order valence-electron chi connectivity index (χ0n) is 10.4. The number of rotatable bonds is 6. The standard InChI is InChI=1S/C12H21N3O2/c1-2-6-13-11(16)8-15-7-5-10(12(15)17)14-9-3-4-9/h9-10,14H,2-8H2,1H3,(H,13,16). The summed E-state index contributed by atoms with van der Waals surface area (Å²) in [5.41, 5.74) is 0. The molecule has 1 saturated heterocycles. The Morgan fingerprint density at radius 3 is 2.82 bits per heavy atom. The lowest BCUT2D eigenvalue weighted by molar-refractivity contribution is -0.134. The van der Waals surface area contributed by atoms with Crippen molar-refractivity contribution in [3.05, 3.63) is 0 Å². The van der Waals surface area contributed by atoms with E-state index in [0.29, 0.717) is 19.1 Å². The highest BCUT2D eigenvalue weighted by molar-refractivity contribution is 5.89. The summed E-state index contributed by atoms with van der Waals surface area (Å²) in [5, 5.41) is 6.12. The molecular weight excluding hydrogens is 218 g/mol. The molecule has 0 aromatic heterocycles. The third kappa shape index (κ3) is 3.43. The molecule has 0 aromatic rings. The monoisotopic (exact) mass is 239 g/mol. The quantitative estimate of drug-likeness (QED) is 0.678. The highest BCUT2D eigenvalue weighted by atomic mass is 16.2. The minimum Gasteiger partial charge on any atom is -0.355 e. The van der Waals surface area contributed by atoms with Gasteiger partial charge in [-0.1, -0.05) is 6.92 Å². The van der Waals surface area contributed by atoms with Gasteiger partial charge in [-0.15, -0.1) is 0 Å². The number of carbonyl (C=O) groups is 2.